The van der Waals surface area contributed by atoms with Crippen LogP contribution in [0.2, 0.25) is 0 Å². The van der Waals surface area contributed by atoms with Crippen LogP contribution in [0.5, 0.6) is 0 Å². The molecule has 1 aromatic carbocycles. The summed E-state index contributed by atoms with van der Waals surface area (Å²) in [6.07, 6.45) is 5.97. The lowest BCUT2D eigenvalue weighted by atomic mass is 9.83. The molecule has 0 amide bonds. The number of carbonyl (C=O) groups excluding carboxylic acids is 1. The Labute approximate surface area is 139 Å². The Morgan fingerprint density at radius 1 is 1.08 bits per heavy atom. The molecule has 3 rings (SSSR count). The zero-order valence-electron chi connectivity index (χ0n) is 13.3. The topological polar surface area (TPSA) is 93.0 Å². The highest BCUT2D eigenvalue weighted by molar-refractivity contribution is 6.58. The number of esters is 1. The average molecular weight is 328 g/mol. The molecule has 0 aliphatic carbocycles. The predicted molar refractivity (Wildman–Crippen MR) is 88.8 cm³/mol. The fraction of sp³-hybridized carbons (Fsp3) is 0.118. The third-order valence-electron chi connectivity index (χ3n) is 3.32. The second-order valence-electron chi connectivity index (χ2n) is 4.96. The van der Waals surface area contributed by atoms with Crippen molar-refractivity contribution in [3.05, 3.63) is 66.5 Å². The summed E-state index contributed by atoms with van der Waals surface area (Å²) in [4.78, 5) is 11.3. The van der Waals surface area contributed by atoms with Gasteiger partial charge in [-0.1, -0.05) is 6.07 Å². The van der Waals surface area contributed by atoms with E-state index >= 15 is 0 Å². The Morgan fingerprint density at radius 2 is 1.79 bits per heavy atom. The number of rotatable bonds is 3. The number of carbonyl (C=O) groups is 1. The standard InChI is InChI=1S/C13H12O3.C4H5BO3/c1-9-7-10(13(14)15-2)3-4-12(9)11-5-6-16-8-11;6-5(7)4-1-2-8-3-4/h3-8H,1-2H3;1-3,6-7H. The van der Waals surface area contributed by atoms with E-state index in [0.717, 1.165) is 16.7 Å². The lowest BCUT2D eigenvalue weighted by molar-refractivity contribution is 0.0600. The maximum Gasteiger partial charge on any atom is 0.491 e. The molecule has 2 heterocycles. The van der Waals surface area contributed by atoms with Crippen molar-refractivity contribution < 1.29 is 28.4 Å². The van der Waals surface area contributed by atoms with Crippen molar-refractivity contribution in [3.63, 3.8) is 0 Å². The molecule has 7 heteroatoms. The van der Waals surface area contributed by atoms with Gasteiger partial charge < -0.3 is 23.6 Å². The number of benzene rings is 1. The molecule has 0 unspecified atom stereocenters. The molecule has 124 valence electrons. The first-order chi connectivity index (χ1) is 11.5. The molecule has 0 atom stereocenters. The molecule has 0 saturated carbocycles. The minimum atomic E-state index is -1.41. The zero-order chi connectivity index (χ0) is 17.5. The van der Waals surface area contributed by atoms with Crippen LogP contribution in [0, 0.1) is 6.92 Å². The molecular weight excluding hydrogens is 311 g/mol. The Balaban J connectivity index is 0.000000219. The van der Waals surface area contributed by atoms with Gasteiger partial charge in [-0.25, -0.2) is 4.79 Å². The van der Waals surface area contributed by atoms with Gasteiger partial charge in [0.05, 0.1) is 37.7 Å². The molecule has 0 aliphatic heterocycles. The van der Waals surface area contributed by atoms with Crippen molar-refractivity contribution in [3.8, 4) is 11.1 Å². The number of aryl methyl sites for hydroxylation is 1. The van der Waals surface area contributed by atoms with Crippen LogP contribution in [-0.2, 0) is 4.74 Å². The van der Waals surface area contributed by atoms with E-state index in [1.54, 1.807) is 18.6 Å². The molecule has 2 aromatic heterocycles. The molecule has 0 saturated heterocycles. The van der Waals surface area contributed by atoms with Crippen molar-refractivity contribution in [2.24, 2.45) is 0 Å². The van der Waals surface area contributed by atoms with Crippen LogP contribution >= 0.6 is 0 Å². The third kappa shape index (κ3) is 4.38. The number of furan rings is 2. The highest BCUT2D eigenvalue weighted by Crippen LogP contribution is 2.24. The van der Waals surface area contributed by atoms with E-state index < -0.39 is 7.12 Å². The van der Waals surface area contributed by atoms with Crippen molar-refractivity contribution in [1.29, 1.82) is 0 Å². The predicted octanol–water partition coefficient (Wildman–Crippen LogP) is 2.00. The molecule has 0 bridgehead atoms. The summed E-state index contributed by atoms with van der Waals surface area (Å²) >= 11 is 0. The van der Waals surface area contributed by atoms with Gasteiger partial charge in [0.25, 0.3) is 0 Å². The van der Waals surface area contributed by atoms with Gasteiger partial charge in [0.15, 0.2) is 0 Å². The number of hydrogen-bond acceptors (Lipinski definition) is 6. The fourth-order valence-corrected chi connectivity index (χ4v) is 2.07. The number of methoxy groups -OCH3 is 1. The first-order valence-electron chi connectivity index (χ1n) is 7.12. The average Bonchev–Trinajstić information content (AvgIpc) is 3.27. The quantitative estimate of drug-likeness (QED) is 0.564. The van der Waals surface area contributed by atoms with Crippen LogP contribution in [0.15, 0.2) is 64.2 Å². The number of hydrogen-bond donors (Lipinski definition) is 2. The molecule has 24 heavy (non-hydrogen) atoms. The van der Waals surface area contributed by atoms with Gasteiger partial charge in [-0.05, 0) is 42.3 Å². The van der Waals surface area contributed by atoms with Crippen LogP contribution in [0.3, 0.4) is 0 Å². The van der Waals surface area contributed by atoms with Gasteiger partial charge in [-0.2, -0.15) is 0 Å². The van der Waals surface area contributed by atoms with Gasteiger partial charge in [-0.15, -0.1) is 0 Å². The Kier molecular flexibility index (Phi) is 6.00. The van der Waals surface area contributed by atoms with Crippen LogP contribution in [0.25, 0.3) is 11.1 Å². The van der Waals surface area contributed by atoms with Gasteiger partial charge >= 0.3 is 13.1 Å². The summed E-state index contributed by atoms with van der Waals surface area (Å²) < 4.78 is 14.3. The third-order valence-corrected chi connectivity index (χ3v) is 3.32. The molecular formula is C17H17BO6. The van der Waals surface area contributed by atoms with Gasteiger partial charge in [0.2, 0.25) is 0 Å². The Morgan fingerprint density at radius 3 is 2.25 bits per heavy atom. The van der Waals surface area contributed by atoms with E-state index in [0.29, 0.717) is 11.0 Å². The summed E-state index contributed by atoms with van der Waals surface area (Å²) in [5.74, 6) is -0.318. The molecule has 0 radical (unpaired) electrons. The number of ether oxygens (including phenoxy) is 1. The zero-order valence-corrected chi connectivity index (χ0v) is 13.3. The van der Waals surface area contributed by atoms with Crippen molar-refractivity contribution >= 4 is 18.6 Å². The minimum Gasteiger partial charge on any atom is -0.473 e. The first kappa shape index (κ1) is 17.6. The maximum atomic E-state index is 11.3. The SMILES string of the molecule is COC(=O)c1ccc(-c2ccoc2)c(C)c1.OB(O)c1ccoc1. The highest BCUT2D eigenvalue weighted by atomic mass is 16.5. The molecule has 6 nitrogen and oxygen atoms in total. The van der Waals surface area contributed by atoms with E-state index in [-0.39, 0.29) is 5.97 Å². The summed E-state index contributed by atoms with van der Waals surface area (Å²) in [5.41, 5.74) is 4.02. The minimum absolute atomic E-state index is 0.318. The van der Waals surface area contributed by atoms with Gasteiger partial charge in [-0.3, -0.25) is 0 Å². The van der Waals surface area contributed by atoms with Crippen molar-refractivity contribution in [2.75, 3.05) is 7.11 Å². The van der Waals surface area contributed by atoms with E-state index in [1.165, 1.54) is 25.7 Å². The first-order valence-corrected chi connectivity index (χ1v) is 7.12. The second-order valence-corrected chi connectivity index (χ2v) is 4.96. The molecule has 0 spiro atoms. The summed E-state index contributed by atoms with van der Waals surface area (Å²) in [6.45, 7) is 1.95. The molecule has 0 fully saturated rings. The van der Waals surface area contributed by atoms with E-state index in [4.69, 9.17) is 14.5 Å². The largest absolute Gasteiger partial charge is 0.491 e. The van der Waals surface area contributed by atoms with Crippen LogP contribution in [-0.4, -0.2) is 30.2 Å². The Hall–Kier alpha value is -2.77. The van der Waals surface area contributed by atoms with E-state index in [9.17, 15) is 4.79 Å². The van der Waals surface area contributed by atoms with Gasteiger partial charge in [0.1, 0.15) is 0 Å². The lowest BCUT2D eigenvalue weighted by Gasteiger charge is -2.05. The van der Waals surface area contributed by atoms with Crippen LogP contribution < -0.4 is 5.46 Å². The lowest BCUT2D eigenvalue weighted by Crippen LogP contribution is -2.27. The highest BCUT2D eigenvalue weighted by Gasteiger charge is 2.10. The summed E-state index contributed by atoms with van der Waals surface area (Å²) in [7, 11) is -0.0319. The maximum absolute atomic E-state index is 11.3. The van der Waals surface area contributed by atoms with Crippen molar-refractivity contribution in [2.45, 2.75) is 6.92 Å². The van der Waals surface area contributed by atoms with Crippen LogP contribution in [0.1, 0.15) is 15.9 Å². The van der Waals surface area contributed by atoms with E-state index in [2.05, 4.69) is 9.15 Å². The van der Waals surface area contributed by atoms with Crippen LogP contribution in [0.4, 0.5) is 0 Å². The van der Waals surface area contributed by atoms with Gasteiger partial charge in [0, 0.05) is 11.0 Å². The van der Waals surface area contributed by atoms with E-state index in [1.807, 2.05) is 25.1 Å². The Bertz CT molecular complexity index is 762. The fourth-order valence-electron chi connectivity index (χ4n) is 2.07. The molecule has 2 N–H and O–H groups in total. The van der Waals surface area contributed by atoms with Crippen molar-refractivity contribution in [1.82, 2.24) is 0 Å². The monoisotopic (exact) mass is 328 g/mol. The second kappa shape index (κ2) is 8.19. The molecule has 3 aromatic rings. The normalized spacial score (nSPS) is 9.83. The smallest absolute Gasteiger partial charge is 0.473 e. The summed E-state index contributed by atoms with van der Waals surface area (Å²) in [5, 5.41) is 16.8. The summed E-state index contributed by atoms with van der Waals surface area (Å²) in [6, 6.07) is 8.84. The molecule has 0 aliphatic rings.